The zero-order valence-corrected chi connectivity index (χ0v) is 35.1. The van der Waals surface area contributed by atoms with Crippen LogP contribution in [0.15, 0.2) is 218 Å². The maximum atomic E-state index is 2.48. The first-order chi connectivity index (χ1) is 30.7. The maximum absolute atomic E-state index is 2.48. The Kier molecular flexibility index (Phi) is 7.99. The van der Waals surface area contributed by atoms with Crippen molar-refractivity contribution in [1.82, 2.24) is 4.57 Å². The van der Waals surface area contributed by atoms with Crippen molar-refractivity contribution < 1.29 is 0 Å². The molecule has 4 heteroatoms. The Morgan fingerprint density at radius 1 is 0.371 bits per heavy atom. The average molecular weight is 825 g/mol. The zero-order chi connectivity index (χ0) is 40.7. The Hall–Kier alpha value is -7.50. The molecule has 62 heavy (non-hydrogen) atoms. The van der Waals surface area contributed by atoms with Crippen LogP contribution in [-0.2, 0) is 0 Å². The summed E-state index contributed by atoms with van der Waals surface area (Å²) in [6.45, 7) is 0. The Labute approximate surface area is 366 Å². The van der Waals surface area contributed by atoms with Crippen molar-refractivity contribution in [3.63, 3.8) is 0 Å². The number of hydrogen-bond acceptors (Lipinski definition) is 3. The monoisotopic (exact) mass is 824 g/mol. The van der Waals surface area contributed by atoms with Crippen molar-refractivity contribution in [3.05, 3.63) is 218 Å². The van der Waals surface area contributed by atoms with Crippen molar-refractivity contribution >= 4 is 113 Å². The quantitative estimate of drug-likeness (QED) is 0.162. The fraction of sp³-hybridized carbons (Fsp3) is 0. The lowest BCUT2D eigenvalue weighted by Crippen LogP contribution is -2.10. The molecule has 0 aliphatic heterocycles. The van der Waals surface area contributed by atoms with E-state index in [9.17, 15) is 0 Å². The molecule has 10 aromatic carbocycles. The standard InChI is InChI=1S/C58H36N2S2/c1-3-13-38(14-4-1)45-33-34-51(56-50-20-10-12-22-54(50)62-58(45)56)59(43-29-32-48-47-19-9-11-21-53(47)61-55(48)36-43)42-27-23-37(24-28-42)40-26-30-46-49-31-25-39-15-7-8-18-44(39)57(49)60(52(46)35-40)41-16-5-2-6-17-41/h1-36H. The third-order valence-corrected chi connectivity index (χ3v) is 14.9. The van der Waals surface area contributed by atoms with Crippen LogP contribution >= 0.6 is 22.7 Å². The molecule has 290 valence electrons. The van der Waals surface area contributed by atoms with Crippen LogP contribution in [0.4, 0.5) is 17.1 Å². The summed E-state index contributed by atoms with van der Waals surface area (Å²) >= 11 is 3.75. The van der Waals surface area contributed by atoms with Gasteiger partial charge < -0.3 is 9.47 Å². The van der Waals surface area contributed by atoms with E-state index in [0.717, 1.165) is 17.1 Å². The van der Waals surface area contributed by atoms with Crippen LogP contribution in [0.2, 0.25) is 0 Å². The lowest BCUT2D eigenvalue weighted by molar-refractivity contribution is 1.19. The highest BCUT2D eigenvalue weighted by molar-refractivity contribution is 7.26. The number of rotatable bonds is 6. The molecule has 2 nitrogen and oxygen atoms in total. The molecule has 0 amide bonds. The summed E-state index contributed by atoms with van der Waals surface area (Å²) in [7, 11) is 0. The smallest absolute Gasteiger partial charge is 0.0619 e. The predicted molar refractivity (Wildman–Crippen MR) is 270 cm³/mol. The van der Waals surface area contributed by atoms with E-state index in [4.69, 9.17) is 0 Å². The van der Waals surface area contributed by atoms with Crippen molar-refractivity contribution in [1.29, 1.82) is 0 Å². The van der Waals surface area contributed by atoms with Crippen LogP contribution in [0, 0.1) is 0 Å². The van der Waals surface area contributed by atoms with E-state index in [2.05, 4.69) is 228 Å². The Balaban J connectivity index is 1.01. The minimum atomic E-state index is 1.12. The zero-order valence-electron chi connectivity index (χ0n) is 33.5. The lowest BCUT2D eigenvalue weighted by atomic mass is 9.99. The minimum Gasteiger partial charge on any atom is -0.310 e. The van der Waals surface area contributed by atoms with E-state index in [0.29, 0.717) is 0 Å². The van der Waals surface area contributed by atoms with Crippen LogP contribution in [-0.4, -0.2) is 4.57 Å². The highest BCUT2D eigenvalue weighted by atomic mass is 32.1. The van der Waals surface area contributed by atoms with Crippen LogP contribution in [0.1, 0.15) is 0 Å². The predicted octanol–water partition coefficient (Wildman–Crippen LogP) is 17.5. The second-order valence-electron chi connectivity index (χ2n) is 16.0. The molecule has 13 rings (SSSR count). The number of para-hydroxylation sites is 1. The summed E-state index contributed by atoms with van der Waals surface area (Å²) < 4.78 is 7.64. The van der Waals surface area contributed by atoms with Crippen molar-refractivity contribution in [3.8, 4) is 27.9 Å². The van der Waals surface area contributed by atoms with Gasteiger partial charge >= 0.3 is 0 Å². The summed E-state index contributed by atoms with van der Waals surface area (Å²) in [5.74, 6) is 0. The molecule has 0 saturated carbocycles. The molecule has 0 aliphatic rings. The molecule has 0 bridgehead atoms. The lowest BCUT2D eigenvalue weighted by Gasteiger charge is -2.27. The minimum absolute atomic E-state index is 1.12. The van der Waals surface area contributed by atoms with Gasteiger partial charge in [0, 0.05) is 73.6 Å². The van der Waals surface area contributed by atoms with Gasteiger partial charge in [-0.2, -0.15) is 0 Å². The largest absolute Gasteiger partial charge is 0.310 e. The molecule has 3 aromatic heterocycles. The first kappa shape index (κ1) is 35.3. The first-order valence-corrected chi connectivity index (χ1v) is 22.7. The number of anilines is 3. The number of nitrogens with zero attached hydrogens (tertiary/aromatic N) is 2. The van der Waals surface area contributed by atoms with Gasteiger partial charge in [0.1, 0.15) is 0 Å². The Morgan fingerprint density at radius 3 is 1.82 bits per heavy atom. The summed E-state index contributed by atoms with van der Waals surface area (Å²) in [6.07, 6.45) is 0. The molecular weight excluding hydrogens is 789 g/mol. The average Bonchev–Trinajstić information content (AvgIpc) is 4.02. The molecule has 13 aromatic rings. The van der Waals surface area contributed by atoms with Gasteiger partial charge in [0.25, 0.3) is 0 Å². The molecule has 0 N–H and O–H groups in total. The maximum Gasteiger partial charge on any atom is 0.0619 e. The number of thiophene rings is 2. The van der Waals surface area contributed by atoms with Crippen molar-refractivity contribution in [2.75, 3.05) is 4.90 Å². The number of benzene rings is 10. The summed E-state index contributed by atoms with van der Waals surface area (Å²) in [5, 5.41) is 10.2. The van der Waals surface area contributed by atoms with Gasteiger partial charge in [-0.3, -0.25) is 0 Å². The van der Waals surface area contributed by atoms with Gasteiger partial charge in [-0.15, -0.1) is 22.7 Å². The van der Waals surface area contributed by atoms with Gasteiger partial charge in [-0.05, 0) is 88.3 Å². The van der Waals surface area contributed by atoms with Crippen molar-refractivity contribution in [2.24, 2.45) is 0 Å². The fourth-order valence-electron chi connectivity index (χ4n) is 9.73. The molecule has 0 fully saturated rings. The number of fused-ring (bicyclic) bond motifs is 11. The third-order valence-electron chi connectivity index (χ3n) is 12.6. The van der Waals surface area contributed by atoms with Gasteiger partial charge in [-0.25, -0.2) is 0 Å². The van der Waals surface area contributed by atoms with E-state index in [-0.39, 0.29) is 0 Å². The Morgan fingerprint density at radius 2 is 1.00 bits per heavy atom. The molecule has 0 unspecified atom stereocenters. The highest BCUT2D eigenvalue weighted by Crippen LogP contribution is 2.49. The molecule has 0 aliphatic carbocycles. The van der Waals surface area contributed by atoms with E-state index >= 15 is 0 Å². The normalized spacial score (nSPS) is 11.9. The number of aromatic nitrogens is 1. The second-order valence-corrected chi connectivity index (χ2v) is 18.2. The summed E-state index contributed by atoms with van der Waals surface area (Å²) in [6, 6.07) is 80.4. The van der Waals surface area contributed by atoms with E-state index in [1.54, 1.807) is 0 Å². The molecule has 0 radical (unpaired) electrons. The topological polar surface area (TPSA) is 8.17 Å². The SMILES string of the molecule is c1ccc(-c2ccc(N(c3ccc(-c4ccc5c6ccc7ccccc7c6n(-c6ccccc6)c5c4)cc3)c3ccc4c(c3)sc3ccccc34)c3c2sc2ccccc23)cc1. The van der Waals surface area contributed by atoms with Gasteiger partial charge in [0.05, 0.1) is 16.7 Å². The highest BCUT2D eigenvalue weighted by Gasteiger charge is 2.22. The van der Waals surface area contributed by atoms with E-state index < -0.39 is 0 Å². The molecule has 0 spiro atoms. The van der Waals surface area contributed by atoms with Crippen molar-refractivity contribution in [2.45, 2.75) is 0 Å². The molecule has 0 atom stereocenters. The van der Waals surface area contributed by atoms with Crippen LogP contribution in [0.3, 0.4) is 0 Å². The fourth-order valence-corrected chi connectivity index (χ4v) is 12.1. The Bertz CT molecular complexity index is 3860. The van der Waals surface area contributed by atoms with Gasteiger partial charge in [-0.1, -0.05) is 158 Å². The van der Waals surface area contributed by atoms with Crippen LogP contribution in [0.5, 0.6) is 0 Å². The van der Waals surface area contributed by atoms with Crippen LogP contribution in [0.25, 0.3) is 101 Å². The van der Waals surface area contributed by atoms with E-state index in [1.165, 1.54) is 101 Å². The molecule has 3 heterocycles. The summed E-state index contributed by atoms with van der Waals surface area (Å²) in [4.78, 5) is 2.48. The molecule has 0 saturated heterocycles. The third kappa shape index (κ3) is 5.47. The first-order valence-electron chi connectivity index (χ1n) is 21.1. The molecular formula is C58H36N2S2. The van der Waals surface area contributed by atoms with Gasteiger partial charge in [0.2, 0.25) is 0 Å². The second kappa shape index (κ2) is 14.0. The van der Waals surface area contributed by atoms with E-state index in [1.807, 2.05) is 22.7 Å². The summed E-state index contributed by atoms with van der Waals surface area (Å²) in [5.41, 5.74) is 11.9. The van der Waals surface area contributed by atoms with Crippen LogP contribution < -0.4 is 4.90 Å². The van der Waals surface area contributed by atoms with Gasteiger partial charge in [0.15, 0.2) is 0 Å². The number of hydrogen-bond donors (Lipinski definition) is 0.